The molecular weight excluding hydrogens is 493 g/mol. The van der Waals surface area contributed by atoms with Crippen LogP contribution in [-0.4, -0.2) is 53.3 Å². The van der Waals surface area contributed by atoms with Gasteiger partial charge in [-0.25, -0.2) is 9.98 Å². The van der Waals surface area contributed by atoms with Crippen molar-refractivity contribution in [3.05, 3.63) is 47.5 Å². The predicted octanol–water partition coefficient (Wildman–Crippen LogP) is 4.51. The smallest absolute Gasteiger partial charge is 0.232 e. The SMILES string of the molecule is Oc1ccc(C=Nc2nnc(SSc3nnc(N=Cc4ccc(O)cc4O)s3)s2)c(O)c1. The topological polar surface area (TPSA) is 157 Å². The van der Waals surface area contributed by atoms with E-state index in [2.05, 4.69) is 30.4 Å². The Hall–Kier alpha value is -3.20. The first-order chi connectivity index (χ1) is 15.5. The van der Waals surface area contributed by atoms with E-state index >= 15 is 0 Å². The first kappa shape index (κ1) is 22.0. The minimum Gasteiger partial charge on any atom is -0.508 e. The van der Waals surface area contributed by atoms with E-state index in [1.807, 2.05) is 0 Å². The molecule has 0 radical (unpaired) electrons. The largest absolute Gasteiger partial charge is 0.508 e. The van der Waals surface area contributed by atoms with Gasteiger partial charge in [0.25, 0.3) is 0 Å². The molecule has 0 fully saturated rings. The summed E-state index contributed by atoms with van der Waals surface area (Å²) in [5.74, 6) is -0.233. The summed E-state index contributed by atoms with van der Waals surface area (Å²) in [5.41, 5.74) is 0.897. The van der Waals surface area contributed by atoms with E-state index in [1.165, 1.54) is 81.0 Å². The lowest BCUT2D eigenvalue weighted by atomic mass is 10.2. The lowest BCUT2D eigenvalue weighted by Crippen LogP contribution is -1.81. The number of aliphatic imine (C=N–C) groups is 2. The highest BCUT2D eigenvalue weighted by molar-refractivity contribution is 8.77. The molecule has 0 aliphatic heterocycles. The van der Waals surface area contributed by atoms with Crippen LogP contribution in [0.1, 0.15) is 11.1 Å². The Bertz CT molecular complexity index is 1210. The summed E-state index contributed by atoms with van der Waals surface area (Å²) in [6.45, 7) is 0. The maximum atomic E-state index is 9.78. The zero-order valence-corrected chi connectivity index (χ0v) is 19.0. The minimum absolute atomic E-state index is 0.0321. The third kappa shape index (κ3) is 5.73. The average molecular weight is 505 g/mol. The second-order valence-electron chi connectivity index (χ2n) is 5.87. The van der Waals surface area contributed by atoms with E-state index < -0.39 is 0 Å². The van der Waals surface area contributed by atoms with Gasteiger partial charge >= 0.3 is 0 Å². The quantitative estimate of drug-likeness (QED) is 0.208. The molecule has 4 rings (SSSR count). The molecule has 4 N–H and O–H groups in total. The summed E-state index contributed by atoms with van der Waals surface area (Å²) >= 11 is 2.53. The highest BCUT2D eigenvalue weighted by Gasteiger charge is 2.09. The van der Waals surface area contributed by atoms with Crippen molar-refractivity contribution < 1.29 is 20.4 Å². The van der Waals surface area contributed by atoms with Crippen LogP contribution in [-0.2, 0) is 0 Å². The van der Waals surface area contributed by atoms with Gasteiger partial charge < -0.3 is 20.4 Å². The highest BCUT2D eigenvalue weighted by atomic mass is 33.1. The molecule has 0 saturated carbocycles. The van der Waals surface area contributed by atoms with Gasteiger partial charge in [0, 0.05) is 35.7 Å². The number of benzene rings is 2. The molecule has 10 nitrogen and oxygen atoms in total. The number of rotatable bonds is 7. The minimum atomic E-state index is -0.0845. The number of nitrogens with zero attached hydrogens (tertiary/aromatic N) is 6. The van der Waals surface area contributed by atoms with Crippen LogP contribution in [0.2, 0.25) is 0 Å². The van der Waals surface area contributed by atoms with Gasteiger partial charge in [-0.15, -0.1) is 20.4 Å². The zero-order valence-electron chi connectivity index (χ0n) is 15.7. The maximum absolute atomic E-state index is 9.78. The van der Waals surface area contributed by atoms with Crippen molar-refractivity contribution in [3.63, 3.8) is 0 Å². The molecule has 0 aliphatic rings. The summed E-state index contributed by atoms with van der Waals surface area (Å²) in [6, 6.07) is 8.44. The fourth-order valence-corrected chi connectivity index (χ4v) is 5.89. The van der Waals surface area contributed by atoms with Crippen molar-refractivity contribution >= 4 is 67.0 Å². The van der Waals surface area contributed by atoms with E-state index in [0.717, 1.165) is 0 Å². The molecular formula is C18H12N6O4S4. The van der Waals surface area contributed by atoms with Crippen LogP contribution in [0.25, 0.3) is 0 Å². The lowest BCUT2D eigenvalue weighted by molar-refractivity contribution is 0.449. The molecule has 2 aromatic heterocycles. The van der Waals surface area contributed by atoms with Gasteiger partial charge in [0.2, 0.25) is 10.3 Å². The standard InChI is InChI=1S/C18H12N6O4S4/c25-11-3-1-9(13(27)5-11)7-19-15-21-23-17(29-15)31-32-18-24-22-16(30-18)20-8-10-2-4-12(26)6-14(10)28/h1-8,25-28H. The van der Waals surface area contributed by atoms with Gasteiger partial charge in [0.1, 0.15) is 23.0 Å². The van der Waals surface area contributed by atoms with Gasteiger partial charge in [-0.3, -0.25) is 0 Å². The van der Waals surface area contributed by atoms with E-state index in [0.29, 0.717) is 30.1 Å². The highest BCUT2D eigenvalue weighted by Crippen LogP contribution is 2.42. The number of hydrogen-bond acceptors (Lipinski definition) is 14. The van der Waals surface area contributed by atoms with Crippen molar-refractivity contribution in [2.75, 3.05) is 0 Å². The molecule has 0 spiro atoms. The van der Waals surface area contributed by atoms with Crippen LogP contribution in [0.3, 0.4) is 0 Å². The monoisotopic (exact) mass is 504 g/mol. The summed E-state index contributed by atoms with van der Waals surface area (Å²) < 4.78 is 1.32. The molecule has 0 aliphatic carbocycles. The van der Waals surface area contributed by atoms with Gasteiger partial charge in [0.15, 0.2) is 8.68 Å². The molecule has 2 aromatic carbocycles. The summed E-state index contributed by atoms with van der Waals surface area (Å²) in [5, 5.41) is 55.1. The third-order valence-electron chi connectivity index (χ3n) is 3.63. The molecule has 162 valence electrons. The first-order valence-corrected chi connectivity index (χ1v) is 12.4. The van der Waals surface area contributed by atoms with Gasteiger partial charge in [-0.2, -0.15) is 0 Å². The van der Waals surface area contributed by atoms with Crippen LogP contribution in [0.15, 0.2) is 55.1 Å². The normalized spacial score (nSPS) is 11.6. The molecule has 14 heteroatoms. The summed E-state index contributed by atoms with van der Waals surface area (Å²) in [7, 11) is 2.69. The lowest BCUT2D eigenvalue weighted by Gasteiger charge is -1.97. The van der Waals surface area contributed by atoms with E-state index in [9.17, 15) is 20.4 Å². The molecule has 32 heavy (non-hydrogen) atoms. The maximum Gasteiger partial charge on any atom is 0.232 e. The summed E-state index contributed by atoms with van der Waals surface area (Å²) in [4.78, 5) is 8.38. The van der Waals surface area contributed by atoms with Crippen LogP contribution in [0.4, 0.5) is 10.3 Å². The average Bonchev–Trinajstić information content (AvgIpc) is 3.40. The van der Waals surface area contributed by atoms with Gasteiger partial charge in [-0.1, -0.05) is 22.7 Å². The number of aromatic hydroxyl groups is 4. The number of hydrogen-bond donors (Lipinski definition) is 4. The fourth-order valence-electron chi connectivity index (χ4n) is 2.18. The van der Waals surface area contributed by atoms with E-state index in [1.54, 1.807) is 12.1 Å². The Labute approximate surface area is 196 Å². The Morgan fingerprint density at radius 1 is 0.656 bits per heavy atom. The predicted molar refractivity (Wildman–Crippen MR) is 126 cm³/mol. The molecule has 0 unspecified atom stereocenters. The first-order valence-electron chi connectivity index (χ1n) is 8.60. The van der Waals surface area contributed by atoms with Crippen molar-refractivity contribution in [2.24, 2.45) is 9.98 Å². The van der Waals surface area contributed by atoms with Crippen molar-refractivity contribution in [2.45, 2.75) is 8.68 Å². The second-order valence-corrected chi connectivity index (χ2v) is 10.4. The Balaban J connectivity index is 1.34. The van der Waals surface area contributed by atoms with Crippen molar-refractivity contribution in [1.82, 2.24) is 20.4 Å². The molecule has 0 saturated heterocycles. The number of phenolic OH excluding ortho intramolecular Hbond substituents is 4. The zero-order chi connectivity index (χ0) is 22.5. The molecule has 4 aromatic rings. The Kier molecular flexibility index (Phi) is 6.84. The van der Waals surface area contributed by atoms with Crippen LogP contribution in [0, 0.1) is 0 Å². The fraction of sp³-hybridized carbons (Fsp3) is 0. The van der Waals surface area contributed by atoms with Crippen LogP contribution >= 0.6 is 44.3 Å². The van der Waals surface area contributed by atoms with E-state index in [4.69, 9.17) is 0 Å². The molecule has 0 amide bonds. The van der Waals surface area contributed by atoms with Crippen LogP contribution in [0.5, 0.6) is 23.0 Å². The second kappa shape index (κ2) is 9.95. The van der Waals surface area contributed by atoms with Gasteiger partial charge in [-0.05, 0) is 45.9 Å². The number of aromatic nitrogens is 4. The molecule has 0 bridgehead atoms. The molecule has 0 atom stereocenters. The van der Waals surface area contributed by atoms with Crippen molar-refractivity contribution in [1.29, 1.82) is 0 Å². The third-order valence-corrected chi connectivity index (χ3v) is 8.25. The van der Waals surface area contributed by atoms with Crippen molar-refractivity contribution in [3.8, 4) is 23.0 Å². The number of phenols is 4. The van der Waals surface area contributed by atoms with Crippen LogP contribution < -0.4 is 0 Å². The van der Waals surface area contributed by atoms with E-state index in [-0.39, 0.29) is 23.0 Å². The Morgan fingerprint density at radius 3 is 1.50 bits per heavy atom. The Morgan fingerprint density at radius 2 is 1.09 bits per heavy atom. The molecule has 2 heterocycles. The van der Waals surface area contributed by atoms with Gasteiger partial charge in [0.05, 0.1) is 0 Å². The summed E-state index contributed by atoms with van der Waals surface area (Å²) in [6.07, 6.45) is 2.88.